The first-order valence-electron chi connectivity index (χ1n) is 12.0. The Morgan fingerprint density at radius 1 is 0.857 bits per heavy atom. The fourth-order valence-electron chi connectivity index (χ4n) is 4.23. The Labute approximate surface area is 222 Å². The van der Waals surface area contributed by atoms with Gasteiger partial charge in [-0.15, -0.1) is 24.8 Å². The Hall–Kier alpha value is -2.16. The molecular formula is C26H39Cl2N5O2. The molecule has 3 rings (SSSR count). The number of fused-ring (bicyclic) bond motifs is 2. The number of halogens is 2. The van der Waals surface area contributed by atoms with Crippen molar-refractivity contribution < 1.29 is 9.59 Å². The normalized spacial score (nSPS) is 12.2. The smallest absolute Gasteiger partial charge is 0.246 e. The number of hydrogen-bond donors (Lipinski definition) is 2. The summed E-state index contributed by atoms with van der Waals surface area (Å²) in [5.74, 6) is -0.0714. The van der Waals surface area contributed by atoms with Gasteiger partial charge in [0.1, 0.15) is 0 Å². The number of para-hydroxylation sites is 1. The number of hydrogen-bond acceptors (Lipinski definition) is 5. The summed E-state index contributed by atoms with van der Waals surface area (Å²) in [5.41, 5.74) is 7.96. The molecule has 0 spiro atoms. The molecular weight excluding hydrogens is 485 g/mol. The topological polar surface area (TPSA) is 67.9 Å². The van der Waals surface area contributed by atoms with Gasteiger partial charge in [0.2, 0.25) is 11.8 Å². The molecule has 9 heteroatoms. The van der Waals surface area contributed by atoms with Crippen LogP contribution in [0.2, 0.25) is 0 Å². The molecule has 1 aliphatic heterocycles. The third kappa shape index (κ3) is 7.92. The minimum atomic E-state index is -0.0475. The van der Waals surface area contributed by atoms with E-state index in [0.717, 1.165) is 61.5 Å². The van der Waals surface area contributed by atoms with Crippen LogP contribution in [0.5, 0.6) is 0 Å². The lowest BCUT2D eigenvalue weighted by Gasteiger charge is -2.27. The molecule has 0 bridgehead atoms. The molecule has 0 saturated carbocycles. The highest BCUT2D eigenvalue weighted by Gasteiger charge is 2.26. The molecule has 0 aromatic heterocycles. The number of carbonyl (C=O) groups is 2. The predicted octanol–water partition coefficient (Wildman–Crippen LogP) is 4.42. The van der Waals surface area contributed by atoms with Crippen molar-refractivity contribution in [1.29, 1.82) is 0 Å². The van der Waals surface area contributed by atoms with Crippen molar-refractivity contribution in [2.24, 2.45) is 0 Å². The van der Waals surface area contributed by atoms with Crippen LogP contribution in [0, 0.1) is 0 Å². The second kappa shape index (κ2) is 15.1. The SMILES string of the molecule is CCN(CC)CC(=O)Nc1ccc2c(c1)N(C(=O)CNN(CC)CC)c1ccccc1CC2.Cl.Cl. The van der Waals surface area contributed by atoms with Crippen LogP contribution >= 0.6 is 24.8 Å². The van der Waals surface area contributed by atoms with Gasteiger partial charge in [0, 0.05) is 18.8 Å². The van der Waals surface area contributed by atoms with Gasteiger partial charge in [-0.1, -0.05) is 52.0 Å². The summed E-state index contributed by atoms with van der Waals surface area (Å²) in [6, 6.07) is 14.0. The van der Waals surface area contributed by atoms with Gasteiger partial charge in [-0.2, -0.15) is 0 Å². The quantitative estimate of drug-likeness (QED) is 0.451. The molecule has 7 nitrogen and oxygen atoms in total. The van der Waals surface area contributed by atoms with Crippen LogP contribution < -0.4 is 15.6 Å². The zero-order valence-electron chi connectivity index (χ0n) is 21.2. The van der Waals surface area contributed by atoms with E-state index in [0.29, 0.717) is 12.2 Å². The number of benzene rings is 2. The second-order valence-electron chi connectivity index (χ2n) is 8.22. The van der Waals surface area contributed by atoms with Gasteiger partial charge < -0.3 is 5.32 Å². The molecule has 194 valence electrons. The van der Waals surface area contributed by atoms with Crippen LogP contribution in [-0.2, 0) is 22.4 Å². The van der Waals surface area contributed by atoms with E-state index in [2.05, 4.69) is 35.6 Å². The molecule has 2 aromatic carbocycles. The fourth-order valence-corrected chi connectivity index (χ4v) is 4.23. The van der Waals surface area contributed by atoms with Crippen LogP contribution in [0.25, 0.3) is 0 Å². The highest BCUT2D eigenvalue weighted by atomic mass is 35.5. The van der Waals surface area contributed by atoms with E-state index in [1.54, 1.807) is 0 Å². The fraction of sp³-hybridized carbons (Fsp3) is 0.462. The van der Waals surface area contributed by atoms with Crippen molar-refractivity contribution in [1.82, 2.24) is 15.3 Å². The van der Waals surface area contributed by atoms with Crippen molar-refractivity contribution in [2.45, 2.75) is 40.5 Å². The van der Waals surface area contributed by atoms with Crippen LogP contribution in [-0.4, -0.2) is 61.0 Å². The summed E-state index contributed by atoms with van der Waals surface area (Å²) in [7, 11) is 0. The first-order valence-corrected chi connectivity index (χ1v) is 12.0. The Bertz CT molecular complexity index is 965. The van der Waals surface area contributed by atoms with Gasteiger partial charge in [0.25, 0.3) is 0 Å². The molecule has 0 unspecified atom stereocenters. The molecule has 0 saturated heterocycles. The molecule has 35 heavy (non-hydrogen) atoms. The number of rotatable bonds is 10. The van der Waals surface area contributed by atoms with E-state index in [-0.39, 0.29) is 43.2 Å². The summed E-state index contributed by atoms with van der Waals surface area (Å²) in [4.78, 5) is 30.0. The van der Waals surface area contributed by atoms with E-state index in [1.165, 1.54) is 0 Å². The van der Waals surface area contributed by atoms with Gasteiger partial charge in [-0.05, 0) is 55.3 Å². The Balaban J connectivity index is 0.00000306. The summed E-state index contributed by atoms with van der Waals surface area (Å²) >= 11 is 0. The zero-order chi connectivity index (χ0) is 23.8. The molecule has 0 fully saturated rings. The van der Waals surface area contributed by atoms with Crippen molar-refractivity contribution in [3.8, 4) is 0 Å². The van der Waals surface area contributed by atoms with E-state index < -0.39 is 0 Å². The lowest BCUT2D eigenvalue weighted by atomic mass is 10.0. The minimum absolute atomic E-state index is 0. The number of nitrogens with zero attached hydrogens (tertiary/aromatic N) is 3. The van der Waals surface area contributed by atoms with E-state index >= 15 is 0 Å². The highest BCUT2D eigenvalue weighted by molar-refractivity contribution is 6.04. The van der Waals surface area contributed by atoms with Gasteiger partial charge in [0.05, 0.1) is 24.5 Å². The van der Waals surface area contributed by atoms with Crippen LogP contribution in [0.3, 0.4) is 0 Å². The largest absolute Gasteiger partial charge is 0.325 e. The van der Waals surface area contributed by atoms with Crippen molar-refractivity contribution >= 4 is 53.7 Å². The number of carbonyl (C=O) groups excluding carboxylic acids is 2. The number of anilines is 3. The zero-order valence-corrected chi connectivity index (χ0v) is 22.8. The predicted molar refractivity (Wildman–Crippen MR) is 149 cm³/mol. The average Bonchev–Trinajstić information content (AvgIpc) is 2.99. The van der Waals surface area contributed by atoms with Crippen LogP contribution in [0.15, 0.2) is 42.5 Å². The number of nitrogens with one attached hydrogen (secondary N) is 2. The summed E-state index contributed by atoms with van der Waals surface area (Å²) in [6.45, 7) is 12.1. The molecule has 2 N–H and O–H groups in total. The minimum Gasteiger partial charge on any atom is -0.325 e. The molecule has 1 aliphatic rings. The molecule has 2 aromatic rings. The van der Waals surface area contributed by atoms with Crippen molar-refractivity contribution in [3.63, 3.8) is 0 Å². The van der Waals surface area contributed by atoms with Gasteiger partial charge >= 0.3 is 0 Å². The Morgan fingerprint density at radius 2 is 1.49 bits per heavy atom. The van der Waals surface area contributed by atoms with Crippen LogP contribution in [0.1, 0.15) is 38.8 Å². The molecule has 0 radical (unpaired) electrons. The van der Waals surface area contributed by atoms with Gasteiger partial charge in [0.15, 0.2) is 0 Å². The number of likely N-dealkylation sites (N-methyl/N-ethyl adjacent to an activating group) is 1. The lowest BCUT2D eigenvalue weighted by molar-refractivity contribution is -0.118. The van der Waals surface area contributed by atoms with E-state index in [9.17, 15) is 9.59 Å². The summed E-state index contributed by atoms with van der Waals surface area (Å²) < 4.78 is 0. The Kier molecular flexibility index (Phi) is 13.3. The second-order valence-corrected chi connectivity index (χ2v) is 8.22. The lowest BCUT2D eigenvalue weighted by Crippen LogP contribution is -2.44. The van der Waals surface area contributed by atoms with Crippen molar-refractivity contribution in [3.05, 3.63) is 53.6 Å². The van der Waals surface area contributed by atoms with E-state index in [1.807, 2.05) is 60.2 Å². The molecule has 1 heterocycles. The summed E-state index contributed by atoms with van der Waals surface area (Å²) in [6.07, 6.45) is 1.71. The van der Waals surface area contributed by atoms with Gasteiger partial charge in [-0.25, -0.2) is 10.4 Å². The average molecular weight is 525 g/mol. The molecule has 2 amide bonds. The summed E-state index contributed by atoms with van der Waals surface area (Å²) in [5, 5.41) is 5.04. The molecule has 0 atom stereocenters. The van der Waals surface area contributed by atoms with Crippen LogP contribution in [0.4, 0.5) is 17.1 Å². The highest BCUT2D eigenvalue weighted by Crippen LogP contribution is 2.37. The van der Waals surface area contributed by atoms with Gasteiger partial charge in [-0.3, -0.25) is 19.4 Å². The molecule has 0 aliphatic carbocycles. The number of hydrazine groups is 1. The monoisotopic (exact) mass is 523 g/mol. The third-order valence-electron chi connectivity index (χ3n) is 6.23. The Morgan fingerprint density at radius 3 is 2.11 bits per heavy atom. The maximum atomic E-state index is 13.5. The first kappa shape index (κ1) is 30.9. The van der Waals surface area contributed by atoms with E-state index in [4.69, 9.17) is 0 Å². The number of aryl methyl sites for hydroxylation is 2. The third-order valence-corrected chi connectivity index (χ3v) is 6.23. The first-order chi connectivity index (χ1) is 16.0. The number of amides is 2. The van der Waals surface area contributed by atoms with Crippen molar-refractivity contribution in [2.75, 3.05) is 49.5 Å². The maximum Gasteiger partial charge on any atom is 0.246 e. The maximum absolute atomic E-state index is 13.5. The standard InChI is InChI=1S/C26H37N5O2.2ClH/c1-5-29(6-2)19-25(32)28-22-16-15-21-14-13-20-11-9-10-12-23(20)31(24(21)17-22)26(33)18-27-30(7-3)8-4;;/h9-12,15-17,27H,5-8,13-14,18-19H2,1-4H3,(H,28,32);2*1H.